The van der Waals surface area contributed by atoms with Crippen molar-refractivity contribution in [1.82, 2.24) is 5.32 Å². The van der Waals surface area contributed by atoms with E-state index in [4.69, 9.17) is 14.2 Å². The summed E-state index contributed by atoms with van der Waals surface area (Å²) in [7, 11) is 1.25. The number of benzene rings is 1. The third-order valence-corrected chi connectivity index (χ3v) is 3.75. The van der Waals surface area contributed by atoms with E-state index >= 15 is 0 Å². The molecule has 2 aliphatic heterocycles. The van der Waals surface area contributed by atoms with Crippen LogP contribution in [-0.4, -0.2) is 32.0 Å². The maximum absolute atomic E-state index is 11.7. The zero-order chi connectivity index (χ0) is 14.3. The normalized spacial score (nSPS) is 23.2. The summed E-state index contributed by atoms with van der Waals surface area (Å²) < 4.78 is 21.0. The van der Waals surface area contributed by atoms with Gasteiger partial charge in [0, 0.05) is 10.0 Å². The molecule has 106 valence electrons. The number of ether oxygens (including phenoxy) is 4. The Morgan fingerprint density at radius 2 is 2.10 bits per heavy atom. The van der Waals surface area contributed by atoms with Gasteiger partial charge in [-0.3, -0.25) is 0 Å². The van der Waals surface area contributed by atoms with Crippen LogP contribution in [0.15, 0.2) is 16.6 Å². The second-order valence-corrected chi connectivity index (χ2v) is 5.05. The smallest absolute Gasteiger partial charge is 0.408 e. The Bertz CT molecular complexity index is 590. The molecular weight excluding hydrogens is 334 g/mol. The van der Waals surface area contributed by atoms with Crippen molar-refractivity contribution in [3.63, 3.8) is 0 Å². The first-order valence-corrected chi connectivity index (χ1v) is 6.53. The molecule has 1 saturated heterocycles. The predicted molar refractivity (Wildman–Crippen MR) is 68.4 cm³/mol. The van der Waals surface area contributed by atoms with Crippen molar-refractivity contribution < 1.29 is 28.5 Å². The molecule has 1 amide bonds. The van der Waals surface area contributed by atoms with Crippen LogP contribution in [0.3, 0.4) is 0 Å². The van der Waals surface area contributed by atoms with Gasteiger partial charge in [-0.1, -0.05) is 15.9 Å². The monoisotopic (exact) mass is 343 g/mol. The largest absolute Gasteiger partial charge is 0.467 e. The summed E-state index contributed by atoms with van der Waals surface area (Å²) in [5.41, 5.74) is 0.600. The fraction of sp³-hybridized carbons (Fsp3) is 0.333. The lowest BCUT2D eigenvalue weighted by Crippen LogP contribution is -2.36. The van der Waals surface area contributed by atoms with Crippen molar-refractivity contribution in [2.24, 2.45) is 0 Å². The van der Waals surface area contributed by atoms with Gasteiger partial charge in [-0.25, -0.2) is 9.59 Å². The molecule has 0 saturated carbocycles. The molecule has 2 heterocycles. The molecule has 1 aromatic carbocycles. The van der Waals surface area contributed by atoms with Crippen LogP contribution in [-0.2, 0) is 14.3 Å². The van der Waals surface area contributed by atoms with Crippen LogP contribution < -0.4 is 14.8 Å². The lowest BCUT2D eigenvalue weighted by atomic mass is 10.0. The average molecular weight is 344 g/mol. The number of nitrogens with one attached hydrogen (secondary N) is 1. The summed E-state index contributed by atoms with van der Waals surface area (Å²) in [5.74, 6) is 0.549. The fourth-order valence-electron chi connectivity index (χ4n) is 2.12. The second kappa shape index (κ2) is 4.86. The minimum Gasteiger partial charge on any atom is -0.467 e. The summed E-state index contributed by atoms with van der Waals surface area (Å²) in [4.78, 5) is 23.1. The number of rotatable bonds is 2. The van der Waals surface area contributed by atoms with Crippen LogP contribution in [0.1, 0.15) is 11.7 Å². The van der Waals surface area contributed by atoms with Crippen molar-refractivity contribution in [1.29, 1.82) is 0 Å². The van der Waals surface area contributed by atoms with E-state index < -0.39 is 24.2 Å². The fourth-order valence-corrected chi connectivity index (χ4v) is 2.67. The minimum atomic E-state index is -0.899. The number of amides is 1. The minimum absolute atomic E-state index is 0.133. The van der Waals surface area contributed by atoms with Gasteiger partial charge in [0.05, 0.1) is 7.11 Å². The van der Waals surface area contributed by atoms with Crippen LogP contribution in [0.5, 0.6) is 11.5 Å². The van der Waals surface area contributed by atoms with E-state index in [1.165, 1.54) is 7.11 Å². The molecule has 20 heavy (non-hydrogen) atoms. The molecule has 8 heteroatoms. The number of carbonyl (C=O) groups is 2. The van der Waals surface area contributed by atoms with Gasteiger partial charge in [-0.15, -0.1) is 0 Å². The number of hydrogen-bond acceptors (Lipinski definition) is 6. The third kappa shape index (κ3) is 2.05. The molecule has 0 radical (unpaired) electrons. The highest BCUT2D eigenvalue weighted by molar-refractivity contribution is 9.10. The first-order chi connectivity index (χ1) is 9.60. The number of methoxy groups -OCH3 is 1. The lowest BCUT2D eigenvalue weighted by molar-refractivity contribution is -0.144. The molecule has 0 bridgehead atoms. The van der Waals surface area contributed by atoms with Crippen molar-refractivity contribution in [2.45, 2.75) is 12.1 Å². The molecule has 3 rings (SSSR count). The van der Waals surface area contributed by atoms with Crippen molar-refractivity contribution in [3.05, 3.63) is 22.2 Å². The molecule has 0 aromatic heterocycles. The Kier molecular flexibility index (Phi) is 3.17. The highest BCUT2D eigenvalue weighted by atomic mass is 79.9. The van der Waals surface area contributed by atoms with E-state index in [2.05, 4.69) is 26.0 Å². The number of hydrogen-bond donors (Lipinski definition) is 1. The molecule has 2 unspecified atom stereocenters. The van der Waals surface area contributed by atoms with Gasteiger partial charge in [0.2, 0.25) is 6.79 Å². The first-order valence-electron chi connectivity index (χ1n) is 5.74. The molecule has 1 N–H and O–H groups in total. The lowest BCUT2D eigenvalue weighted by Gasteiger charge is -2.17. The molecule has 1 fully saturated rings. The van der Waals surface area contributed by atoms with E-state index in [1.807, 2.05) is 0 Å². The highest BCUT2D eigenvalue weighted by Gasteiger charge is 2.42. The number of carbonyl (C=O) groups excluding carboxylic acids is 2. The maximum Gasteiger partial charge on any atom is 0.408 e. The number of alkyl carbamates (subject to hydrolysis) is 1. The van der Waals surface area contributed by atoms with Crippen LogP contribution in [0.4, 0.5) is 4.79 Å². The Balaban J connectivity index is 1.99. The predicted octanol–water partition coefficient (Wildman–Crippen LogP) is 1.50. The molecule has 0 aliphatic carbocycles. The van der Waals surface area contributed by atoms with Crippen LogP contribution in [0, 0.1) is 0 Å². The van der Waals surface area contributed by atoms with Gasteiger partial charge in [0.25, 0.3) is 0 Å². The highest BCUT2D eigenvalue weighted by Crippen LogP contribution is 2.41. The molecule has 0 spiro atoms. The van der Waals surface area contributed by atoms with Gasteiger partial charge in [0.1, 0.15) is 0 Å². The van der Waals surface area contributed by atoms with Gasteiger partial charge in [-0.2, -0.15) is 0 Å². The number of esters is 1. The van der Waals surface area contributed by atoms with Crippen molar-refractivity contribution in [2.75, 3.05) is 13.9 Å². The van der Waals surface area contributed by atoms with Crippen LogP contribution in [0.2, 0.25) is 0 Å². The average Bonchev–Trinajstić information content (AvgIpc) is 3.02. The van der Waals surface area contributed by atoms with Crippen LogP contribution in [0.25, 0.3) is 0 Å². The van der Waals surface area contributed by atoms with Crippen molar-refractivity contribution in [3.8, 4) is 11.5 Å². The van der Waals surface area contributed by atoms with Gasteiger partial charge >= 0.3 is 12.1 Å². The van der Waals surface area contributed by atoms with Crippen LogP contribution >= 0.6 is 15.9 Å². The number of cyclic esters (lactones) is 1. The Morgan fingerprint density at radius 3 is 2.80 bits per heavy atom. The number of halogens is 1. The summed E-state index contributed by atoms with van der Waals surface area (Å²) >= 11 is 3.37. The molecule has 2 aliphatic rings. The van der Waals surface area contributed by atoms with Gasteiger partial charge in [0.15, 0.2) is 23.6 Å². The zero-order valence-corrected chi connectivity index (χ0v) is 11.9. The summed E-state index contributed by atoms with van der Waals surface area (Å²) in [6.07, 6.45) is -1.46. The van der Waals surface area contributed by atoms with E-state index in [9.17, 15) is 9.59 Å². The van der Waals surface area contributed by atoms with Crippen molar-refractivity contribution >= 4 is 28.0 Å². The Hall–Kier alpha value is -1.96. The van der Waals surface area contributed by atoms with Gasteiger partial charge < -0.3 is 24.3 Å². The third-order valence-electron chi connectivity index (χ3n) is 3.06. The Morgan fingerprint density at radius 1 is 1.40 bits per heavy atom. The van der Waals surface area contributed by atoms with E-state index in [0.717, 1.165) is 0 Å². The zero-order valence-electron chi connectivity index (χ0n) is 10.3. The summed E-state index contributed by atoms with van der Waals surface area (Å²) in [6.45, 7) is 0.133. The molecular formula is C12H10BrNO6. The van der Waals surface area contributed by atoms with E-state index in [1.54, 1.807) is 12.1 Å². The molecule has 7 nitrogen and oxygen atoms in total. The maximum atomic E-state index is 11.7. The topological polar surface area (TPSA) is 83.1 Å². The SMILES string of the molecule is COC(=O)C1NC(=O)OC1c1cc2c(cc1Br)OCO2. The van der Waals surface area contributed by atoms with E-state index in [-0.39, 0.29) is 6.79 Å². The first kappa shape index (κ1) is 13.0. The summed E-state index contributed by atoms with van der Waals surface area (Å²) in [6, 6.07) is 2.48. The summed E-state index contributed by atoms with van der Waals surface area (Å²) in [5, 5.41) is 2.42. The van der Waals surface area contributed by atoms with E-state index in [0.29, 0.717) is 21.5 Å². The molecule has 2 atom stereocenters. The Labute approximate surface area is 122 Å². The standard InChI is InChI=1S/C12H10BrNO6/c1-17-11(15)9-10(20-12(16)14-9)5-2-7-8(3-6(5)13)19-4-18-7/h2-3,9-10H,4H2,1H3,(H,14,16). The quantitative estimate of drug-likeness (QED) is 0.819. The number of fused-ring (bicyclic) bond motifs is 1. The van der Waals surface area contributed by atoms with Gasteiger partial charge in [-0.05, 0) is 12.1 Å². The molecule has 1 aromatic rings. The second-order valence-electron chi connectivity index (χ2n) is 4.20.